The first kappa shape index (κ1) is 14.2. The molecule has 110 valence electrons. The second-order valence-corrected chi connectivity index (χ2v) is 6.17. The Balaban J connectivity index is 1.74. The topological polar surface area (TPSA) is 23.5 Å². The van der Waals surface area contributed by atoms with Crippen LogP contribution in [-0.2, 0) is 6.42 Å². The summed E-state index contributed by atoms with van der Waals surface area (Å²) in [6, 6.07) is 19.1. The van der Waals surface area contributed by atoms with Crippen molar-refractivity contribution in [1.29, 1.82) is 0 Å². The van der Waals surface area contributed by atoms with Gasteiger partial charge in [0.2, 0.25) is 0 Å². The van der Waals surface area contributed by atoms with E-state index in [0.29, 0.717) is 6.04 Å². The molecule has 0 aliphatic carbocycles. The average Bonchev–Trinajstić information content (AvgIpc) is 2.83. The van der Waals surface area contributed by atoms with Crippen LogP contribution in [0.3, 0.4) is 0 Å². The predicted octanol–water partition coefficient (Wildman–Crippen LogP) is 3.81. The van der Waals surface area contributed by atoms with Gasteiger partial charge in [-0.1, -0.05) is 55.5 Å². The maximum absolute atomic E-state index is 10.6. The summed E-state index contributed by atoms with van der Waals surface area (Å²) in [6.07, 6.45) is 0.691. The lowest BCUT2D eigenvalue weighted by Gasteiger charge is -2.30. The number of anilines is 1. The van der Waals surface area contributed by atoms with Crippen molar-refractivity contribution in [3.8, 4) is 0 Å². The molecule has 0 aromatic heterocycles. The fourth-order valence-electron chi connectivity index (χ4n) is 3.30. The molecule has 21 heavy (non-hydrogen) atoms. The quantitative estimate of drug-likeness (QED) is 0.921. The van der Waals surface area contributed by atoms with E-state index in [9.17, 15) is 5.11 Å². The second-order valence-electron chi connectivity index (χ2n) is 6.17. The van der Waals surface area contributed by atoms with Gasteiger partial charge in [-0.05, 0) is 30.5 Å². The molecule has 0 saturated carbocycles. The number of benzene rings is 2. The van der Waals surface area contributed by atoms with E-state index < -0.39 is 6.10 Å². The molecule has 1 N–H and O–H groups in total. The molecule has 2 heteroatoms. The number of hydrogen-bond donors (Lipinski definition) is 1. The largest absolute Gasteiger partial charge is 0.388 e. The molecule has 0 spiro atoms. The summed E-state index contributed by atoms with van der Waals surface area (Å²) in [5.74, 6) is 0.195. The number of aliphatic hydroxyl groups excluding tert-OH is 1. The summed E-state index contributed by atoms with van der Waals surface area (Å²) in [4.78, 5) is 2.44. The highest BCUT2D eigenvalue weighted by molar-refractivity contribution is 5.59. The zero-order valence-electron chi connectivity index (χ0n) is 12.7. The minimum atomic E-state index is -0.411. The summed E-state index contributed by atoms with van der Waals surface area (Å²) in [6.45, 7) is 5.28. The molecule has 2 aromatic carbocycles. The van der Waals surface area contributed by atoms with Gasteiger partial charge in [-0.3, -0.25) is 0 Å². The minimum Gasteiger partial charge on any atom is -0.388 e. The normalized spacial score (nSPS) is 20.1. The van der Waals surface area contributed by atoms with E-state index >= 15 is 0 Å². The van der Waals surface area contributed by atoms with Crippen LogP contribution in [-0.4, -0.2) is 17.7 Å². The van der Waals surface area contributed by atoms with Crippen LogP contribution in [0.1, 0.15) is 31.1 Å². The van der Waals surface area contributed by atoms with Crippen molar-refractivity contribution >= 4 is 5.69 Å². The Hall–Kier alpha value is -1.80. The number of fused-ring (bicyclic) bond motifs is 1. The minimum absolute atomic E-state index is 0.195. The number of aliphatic hydroxyl groups is 1. The molecule has 1 aliphatic heterocycles. The van der Waals surface area contributed by atoms with Crippen LogP contribution in [0.5, 0.6) is 0 Å². The molecule has 0 saturated heterocycles. The van der Waals surface area contributed by atoms with Crippen LogP contribution in [0.25, 0.3) is 0 Å². The Morgan fingerprint density at radius 3 is 2.52 bits per heavy atom. The molecule has 3 rings (SSSR count). The van der Waals surface area contributed by atoms with Gasteiger partial charge < -0.3 is 10.0 Å². The molecule has 0 amide bonds. The van der Waals surface area contributed by atoms with Crippen molar-refractivity contribution < 1.29 is 5.11 Å². The van der Waals surface area contributed by atoms with Crippen LogP contribution < -0.4 is 4.90 Å². The van der Waals surface area contributed by atoms with E-state index in [-0.39, 0.29) is 5.92 Å². The molecule has 0 bridgehead atoms. The van der Waals surface area contributed by atoms with Gasteiger partial charge in [-0.2, -0.15) is 0 Å². The van der Waals surface area contributed by atoms with Gasteiger partial charge in [0.1, 0.15) is 0 Å². The molecule has 0 fully saturated rings. The highest BCUT2D eigenvalue weighted by Crippen LogP contribution is 2.34. The summed E-state index contributed by atoms with van der Waals surface area (Å²) >= 11 is 0. The first-order valence-electron chi connectivity index (χ1n) is 7.74. The van der Waals surface area contributed by atoms with Crippen LogP contribution in [0.2, 0.25) is 0 Å². The lowest BCUT2D eigenvalue weighted by molar-refractivity contribution is 0.120. The fourth-order valence-corrected chi connectivity index (χ4v) is 3.30. The van der Waals surface area contributed by atoms with Crippen molar-refractivity contribution in [2.45, 2.75) is 32.4 Å². The lowest BCUT2D eigenvalue weighted by Crippen LogP contribution is -2.35. The van der Waals surface area contributed by atoms with E-state index in [2.05, 4.69) is 43.0 Å². The van der Waals surface area contributed by atoms with Crippen LogP contribution in [0.15, 0.2) is 54.6 Å². The Morgan fingerprint density at radius 2 is 1.76 bits per heavy atom. The maximum atomic E-state index is 10.6. The van der Waals surface area contributed by atoms with Gasteiger partial charge in [-0.15, -0.1) is 0 Å². The van der Waals surface area contributed by atoms with Crippen molar-refractivity contribution in [2.24, 2.45) is 5.92 Å². The molecule has 2 nitrogen and oxygen atoms in total. The van der Waals surface area contributed by atoms with Gasteiger partial charge in [0.05, 0.1) is 6.10 Å². The summed E-state index contributed by atoms with van der Waals surface area (Å²) in [7, 11) is 0. The highest BCUT2D eigenvalue weighted by Gasteiger charge is 2.28. The Labute approximate surface area is 127 Å². The third-order valence-corrected chi connectivity index (χ3v) is 4.51. The molecule has 1 aliphatic rings. The monoisotopic (exact) mass is 281 g/mol. The van der Waals surface area contributed by atoms with Gasteiger partial charge >= 0.3 is 0 Å². The van der Waals surface area contributed by atoms with E-state index in [1.54, 1.807) is 0 Å². The van der Waals surface area contributed by atoms with E-state index in [0.717, 1.165) is 18.5 Å². The Kier molecular flexibility index (Phi) is 3.98. The standard InChI is InChI=1S/C19H23NO/c1-14(19(21)16-8-4-3-5-9-16)13-20-15(2)12-17-10-6-7-11-18(17)20/h3-11,14-15,19,21H,12-13H2,1-2H3. The number of para-hydroxylation sites is 1. The Morgan fingerprint density at radius 1 is 1.10 bits per heavy atom. The average molecular weight is 281 g/mol. The summed E-state index contributed by atoms with van der Waals surface area (Å²) in [5, 5.41) is 10.6. The molecular weight excluding hydrogens is 258 g/mol. The molecule has 2 aromatic rings. The Bertz CT molecular complexity index is 596. The van der Waals surface area contributed by atoms with Crippen LogP contribution >= 0.6 is 0 Å². The third kappa shape index (κ3) is 2.81. The molecular formula is C19H23NO. The second kappa shape index (κ2) is 5.90. The van der Waals surface area contributed by atoms with Crippen molar-refractivity contribution in [2.75, 3.05) is 11.4 Å². The van der Waals surface area contributed by atoms with Gasteiger partial charge in [-0.25, -0.2) is 0 Å². The van der Waals surface area contributed by atoms with Crippen molar-refractivity contribution in [1.82, 2.24) is 0 Å². The highest BCUT2D eigenvalue weighted by atomic mass is 16.3. The van der Waals surface area contributed by atoms with Gasteiger partial charge in [0.15, 0.2) is 0 Å². The lowest BCUT2D eigenvalue weighted by atomic mass is 9.96. The first-order chi connectivity index (χ1) is 10.2. The SMILES string of the molecule is CC(CN1c2ccccc2CC1C)C(O)c1ccccc1. The zero-order chi connectivity index (χ0) is 14.8. The zero-order valence-corrected chi connectivity index (χ0v) is 12.7. The number of nitrogens with zero attached hydrogens (tertiary/aromatic N) is 1. The van der Waals surface area contributed by atoms with E-state index in [1.807, 2.05) is 30.3 Å². The first-order valence-corrected chi connectivity index (χ1v) is 7.74. The van der Waals surface area contributed by atoms with Crippen LogP contribution in [0, 0.1) is 5.92 Å². The van der Waals surface area contributed by atoms with Gasteiger partial charge in [0.25, 0.3) is 0 Å². The number of rotatable bonds is 4. The smallest absolute Gasteiger partial charge is 0.0832 e. The van der Waals surface area contributed by atoms with Crippen molar-refractivity contribution in [3.63, 3.8) is 0 Å². The third-order valence-electron chi connectivity index (χ3n) is 4.51. The van der Waals surface area contributed by atoms with E-state index in [4.69, 9.17) is 0 Å². The summed E-state index contributed by atoms with van der Waals surface area (Å²) in [5.41, 5.74) is 3.76. The predicted molar refractivity (Wildman–Crippen MR) is 87.5 cm³/mol. The van der Waals surface area contributed by atoms with Crippen LogP contribution in [0.4, 0.5) is 5.69 Å². The van der Waals surface area contributed by atoms with E-state index in [1.165, 1.54) is 11.3 Å². The maximum Gasteiger partial charge on any atom is 0.0832 e. The number of hydrogen-bond acceptors (Lipinski definition) is 2. The fraction of sp³-hybridized carbons (Fsp3) is 0.368. The van der Waals surface area contributed by atoms with Crippen molar-refractivity contribution in [3.05, 3.63) is 65.7 Å². The molecule has 3 unspecified atom stereocenters. The van der Waals surface area contributed by atoms with Gasteiger partial charge in [0, 0.05) is 24.2 Å². The summed E-state index contributed by atoms with van der Waals surface area (Å²) < 4.78 is 0. The molecule has 3 atom stereocenters. The molecule has 0 radical (unpaired) electrons. The molecule has 1 heterocycles.